The number of nitrogens with zero attached hydrogens (tertiary/aromatic N) is 3. The number of rotatable bonds is 24. The number of amides is 6. The fourth-order valence-electron chi connectivity index (χ4n) is 7.06. The van der Waals surface area contributed by atoms with Crippen LogP contribution in [0.3, 0.4) is 0 Å². The van der Waals surface area contributed by atoms with Gasteiger partial charge in [0.25, 0.3) is 0 Å². The monoisotopic (exact) mass is 906 g/mol. The third kappa shape index (κ3) is 15.6. The SMILES string of the molecule is CC(O)C(NC(=O)C1CCCN1C(=O)C(CO)NC(=O)C(Cc1ccc(O)cc1)NC(=O)C(CCCN=C(N)N)NC(=O)C(Cc1cnc[nH]1)NC(=O)C(N)Cc1ccccc1)C(=O)O. The number of carboxylic acids is 1. The lowest BCUT2D eigenvalue weighted by molar-refractivity contribution is -0.147. The van der Waals surface area contributed by atoms with Gasteiger partial charge in [0.05, 0.1) is 25.1 Å². The summed E-state index contributed by atoms with van der Waals surface area (Å²) >= 11 is 0. The minimum atomic E-state index is -1.66. The molecule has 23 heteroatoms. The highest BCUT2D eigenvalue weighted by Crippen LogP contribution is 2.20. The van der Waals surface area contributed by atoms with Gasteiger partial charge in [0, 0.05) is 37.8 Å². The van der Waals surface area contributed by atoms with E-state index in [4.69, 9.17) is 17.2 Å². The van der Waals surface area contributed by atoms with E-state index in [2.05, 4.69) is 41.5 Å². The Labute approximate surface area is 374 Å². The Morgan fingerprint density at radius 1 is 0.831 bits per heavy atom. The van der Waals surface area contributed by atoms with Crippen molar-refractivity contribution in [1.29, 1.82) is 0 Å². The maximum atomic E-state index is 14.3. The fourth-order valence-corrected chi connectivity index (χ4v) is 7.06. The number of aliphatic hydroxyl groups is 2. The molecule has 23 nitrogen and oxygen atoms in total. The number of likely N-dealkylation sites (tertiary alicyclic amines) is 1. The van der Waals surface area contributed by atoms with Gasteiger partial charge in [-0.1, -0.05) is 42.5 Å². The molecule has 8 unspecified atom stereocenters. The van der Waals surface area contributed by atoms with Crippen molar-refractivity contribution >= 4 is 47.4 Å². The summed E-state index contributed by atoms with van der Waals surface area (Å²) in [7, 11) is 0. The highest BCUT2D eigenvalue weighted by Gasteiger charge is 2.40. The first-order valence-corrected chi connectivity index (χ1v) is 20.9. The fraction of sp³-hybridized carbons (Fsp3) is 0.452. The summed E-state index contributed by atoms with van der Waals surface area (Å²) in [6, 6.07) is 5.01. The number of H-pyrrole nitrogens is 1. The van der Waals surface area contributed by atoms with E-state index in [1.165, 1.54) is 43.7 Å². The van der Waals surface area contributed by atoms with Crippen LogP contribution in [-0.4, -0.2) is 151 Å². The van der Waals surface area contributed by atoms with Gasteiger partial charge in [0.2, 0.25) is 35.4 Å². The second-order valence-electron chi connectivity index (χ2n) is 15.6. The molecule has 0 radical (unpaired) electrons. The van der Waals surface area contributed by atoms with E-state index >= 15 is 0 Å². The Morgan fingerprint density at radius 3 is 2.03 bits per heavy atom. The molecule has 16 N–H and O–H groups in total. The zero-order valence-corrected chi connectivity index (χ0v) is 35.8. The van der Waals surface area contributed by atoms with Crippen molar-refractivity contribution in [3.8, 4) is 5.75 Å². The molecule has 1 aliphatic rings. The highest BCUT2D eigenvalue weighted by molar-refractivity contribution is 5.97. The number of hydrogen-bond acceptors (Lipinski definition) is 13. The van der Waals surface area contributed by atoms with Gasteiger partial charge < -0.3 is 74.1 Å². The second kappa shape index (κ2) is 24.7. The summed E-state index contributed by atoms with van der Waals surface area (Å²) in [4.78, 5) is 106. The number of carboxylic acid groups (broad SMARTS) is 1. The first-order valence-electron chi connectivity index (χ1n) is 20.9. The van der Waals surface area contributed by atoms with Gasteiger partial charge in [0.15, 0.2) is 12.0 Å². The maximum Gasteiger partial charge on any atom is 0.328 e. The summed E-state index contributed by atoms with van der Waals surface area (Å²) in [5, 5.41) is 52.2. The Morgan fingerprint density at radius 2 is 1.43 bits per heavy atom. The van der Waals surface area contributed by atoms with Crippen LogP contribution in [0.1, 0.15) is 49.4 Å². The van der Waals surface area contributed by atoms with Gasteiger partial charge in [-0.05, 0) is 62.3 Å². The van der Waals surface area contributed by atoms with Gasteiger partial charge >= 0.3 is 5.97 Å². The van der Waals surface area contributed by atoms with Crippen LogP contribution in [0, 0.1) is 0 Å². The van der Waals surface area contributed by atoms with E-state index < -0.39 is 96.4 Å². The van der Waals surface area contributed by atoms with Crippen molar-refractivity contribution in [3.63, 3.8) is 0 Å². The standard InChI is InChI=1S/C42H58N12O11/c1-23(56)34(41(64)65)53-39(62)33-10-6-16-54(33)40(63)32(21-55)52-37(60)30(18-25-11-13-27(57)14-12-25)51-36(59)29(9-5-15-47-42(44)45)49-38(61)31(19-26-20-46-22-48-26)50-35(58)28(43)17-24-7-3-2-4-8-24/h2-4,7-8,11-14,20,22-23,28-34,55-57H,5-6,9-10,15-19,21,43H2,1H3,(H,46,48)(H,49,61)(H,50,58)(H,51,59)(H,52,60)(H,53,62)(H,64,65)(H4,44,45,47). The van der Waals surface area contributed by atoms with Gasteiger partial charge in [-0.25, -0.2) is 9.78 Å². The molecule has 0 saturated carbocycles. The van der Waals surface area contributed by atoms with Crippen molar-refractivity contribution in [2.45, 2.75) is 100 Å². The van der Waals surface area contributed by atoms with Gasteiger partial charge in [-0.2, -0.15) is 0 Å². The molecule has 2 heterocycles. The predicted molar refractivity (Wildman–Crippen MR) is 233 cm³/mol. The molecule has 1 fully saturated rings. The van der Waals surface area contributed by atoms with Crippen LogP contribution in [0.5, 0.6) is 5.75 Å². The quantitative estimate of drug-likeness (QED) is 0.0235. The number of aliphatic hydroxyl groups excluding tert-OH is 2. The topological polar surface area (TPSA) is 383 Å². The van der Waals surface area contributed by atoms with Crippen LogP contribution < -0.4 is 43.8 Å². The number of nitrogens with one attached hydrogen (secondary N) is 6. The van der Waals surface area contributed by atoms with Crippen molar-refractivity contribution < 1.29 is 54.0 Å². The van der Waals surface area contributed by atoms with Crippen LogP contribution in [0.15, 0.2) is 72.1 Å². The third-order valence-electron chi connectivity index (χ3n) is 10.5. The lowest BCUT2D eigenvalue weighted by Gasteiger charge is -2.30. The number of guanidine groups is 1. The number of carbonyl (C=O) groups is 7. The van der Waals surface area contributed by atoms with Crippen molar-refractivity contribution in [3.05, 3.63) is 83.9 Å². The molecule has 65 heavy (non-hydrogen) atoms. The first-order chi connectivity index (χ1) is 31.0. The molecule has 352 valence electrons. The number of aliphatic carboxylic acids is 1. The van der Waals surface area contributed by atoms with E-state index in [0.717, 1.165) is 10.5 Å². The summed E-state index contributed by atoms with van der Waals surface area (Å²) < 4.78 is 0. The molecule has 8 atom stereocenters. The normalized spacial score (nSPS) is 16.6. The van der Waals surface area contributed by atoms with Crippen LogP contribution in [0.25, 0.3) is 0 Å². The van der Waals surface area contributed by atoms with E-state index in [1.807, 2.05) is 6.07 Å². The number of phenolic OH excluding ortho intramolecular Hbond substituents is 1. The van der Waals surface area contributed by atoms with Crippen molar-refractivity contribution in [1.82, 2.24) is 41.5 Å². The minimum Gasteiger partial charge on any atom is -0.508 e. The molecule has 0 bridgehead atoms. The molecule has 4 rings (SSSR count). The molecular weight excluding hydrogens is 849 g/mol. The van der Waals surface area contributed by atoms with E-state index in [9.17, 15) is 54.0 Å². The van der Waals surface area contributed by atoms with E-state index in [0.29, 0.717) is 17.7 Å². The number of hydrogen-bond donors (Lipinski definition) is 13. The van der Waals surface area contributed by atoms with Crippen LogP contribution in [-0.2, 0) is 52.8 Å². The summed E-state index contributed by atoms with van der Waals surface area (Å²) in [5.74, 6) is -6.81. The number of nitrogens with two attached hydrogens (primary N) is 3. The average Bonchev–Trinajstić information content (AvgIpc) is 3.99. The van der Waals surface area contributed by atoms with Gasteiger partial charge in [-0.15, -0.1) is 0 Å². The zero-order chi connectivity index (χ0) is 47.6. The molecule has 3 aromatic rings. The number of aliphatic imine (C=N–C) groups is 1. The lowest BCUT2D eigenvalue weighted by Crippen LogP contribution is -2.61. The number of carbonyl (C=O) groups excluding carboxylic acids is 6. The van der Waals surface area contributed by atoms with Gasteiger partial charge in [-0.3, -0.25) is 33.8 Å². The van der Waals surface area contributed by atoms with Crippen molar-refractivity contribution in [2.24, 2.45) is 22.2 Å². The average molecular weight is 907 g/mol. The maximum absolute atomic E-state index is 14.3. The van der Waals surface area contributed by atoms with Crippen LogP contribution in [0.4, 0.5) is 0 Å². The molecule has 2 aromatic carbocycles. The zero-order valence-electron chi connectivity index (χ0n) is 35.8. The molecule has 6 amide bonds. The smallest absolute Gasteiger partial charge is 0.328 e. The Balaban J connectivity index is 1.57. The second-order valence-corrected chi connectivity index (χ2v) is 15.6. The van der Waals surface area contributed by atoms with E-state index in [1.54, 1.807) is 24.3 Å². The van der Waals surface area contributed by atoms with Crippen LogP contribution >= 0.6 is 0 Å². The molecule has 0 aliphatic carbocycles. The largest absolute Gasteiger partial charge is 0.508 e. The molecule has 0 spiro atoms. The number of phenols is 1. The molecule has 1 saturated heterocycles. The first kappa shape index (κ1) is 50.5. The number of imidazole rings is 1. The Kier molecular flexibility index (Phi) is 19.2. The number of benzene rings is 2. The molecule has 1 aliphatic heterocycles. The summed E-state index contributed by atoms with van der Waals surface area (Å²) in [6.07, 6.45) is 1.77. The number of aromatic amines is 1. The molecular formula is C42H58N12O11. The van der Waals surface area contributed by atoms with Crippen molar-refractivity contribution in [2.75, 3.05) is 19.7 Å². The minimum absolute atomic E-state index is 0.0192. The lowest BCUT2D eigenvalue weighted by atomic mass is 10.0. The van der Waals surface area contributed by atoms with Gasteiger partial charge in [0.1, 0.15) is 36.0 Å². The number of aromatic nitrogens is 2. The van der Waals surface area contributed by atoms with Crippen LogP contribution in [0.2, 0.25) is 0 Å². The molecule has 1 aromatic heterocycles. The number of aromatic hydroxyl groups is 1. The Bertz CT molecular complexity index is 2100. The highest BCUT2D eigenvalue weighted by atomic mass is 16.4. The predicted octanol–water partition coefficient (Wildman–Crippen LogP) is -3.60. The summed E-state index contributed by atoms with van der Waals surface area (Å²) in [6.45, 7) is 0.302. The summed E-state index contributed by atoms with van der Waals surface area (Å²) in [5.41, 5.74) is 18.9. The Hall–Kier alpha value is -7.11. The van der Waals surface area contributed by atoms with E-state index in [-0.39, 0.29) is 63.3 Å². The third-order valence-corrected chi connectivity index (χ3v) is 10.5.